The maximum Gasteiger partial charge on any atom is 0.285 e. The molecule has 0 spiro atoms. The van der Waals surface area contributed by atoms with Gasteiger partial charge in [-0.05, 0) is 29.0 Å². The van der Waals surface area contributed by atoms with Gasteiger partial charge in [0.15, 0.2) is 0 Å². The summed E-state index contributed by atoms with van der Waals surface area (Å²) in [6.07, 6.45) is 0. The lowest BCUT2D eigenvalue weighted by atomic mass is 10.9. The van der Waals surface area contributed by atoms with Crippen molar-refractivity contribution in [3.8, 4) is 0 Å². The van der Waals surface area contributed by atoms with Crippen LogP contribution in [0.3, 0.4) is 0 Å². The van der Waals surface area contributed by atoms with Crippen LogP contribution in [0.1, 0.15) is 6.92 Å². The molecular formula is C6H6Cl2N4OS. The van der Waals surface area contributed by atoms with E-state index >= 15 is 0 Å². The summed E-state index contributed by atoms with van der Waals surface area (Å²) in [5, 5.41) is 2.05. The number of hydrogen-bond acceptors (Lipinski definition) is 5. The summed E-state index contributed by atoms with van der Waals surface area (Å²) < 4.78 is 0. The van der Waals surface area contributed by atoms with Crippen molar-refractivity contribution in [3.63, 3.8) is 0 Å². The molecule has 1 heterocycles. The molecule has 0 aromatic carbocycles. The van der Waals surface area contributed by atoms with Crippen LogP contribution in [0, 0.1) is 0 Å². The fraction of sp³-hybridized carbons (Fsp3) is 0.333. The van der Waals surface area contributed by atoms with Gasteiger partial charge in [-0.2, -0.15) is 15.0 Å². The van der Waals surface area contributed by atoms with Gasteiger partial charge in [-0.15, -0.1) is 0 Å². The molecule has 5 nitrogen and oxygen atoms in total. The Balaban J connectivity index is 2.71. The minimum Gasteiger partial charge on any atom is -0.285 e. The molecule has 1 N–H and O–H groups in total. The van der Waals surface area contributed by atoms with Crippen molar-refractivity contribution in [2.45, 2.75) is 6.92 Å². The van der Waals surface area contributed by atoms with Crippen molar-refractivity contribution in [3.05, 3.63) is 10.6 Å². The van der Waals surface area contributed by atoms with Crippen LogP contribution in [-0.2, 0) is 0 Å². The molecule has 1 rings (SSSR count). The lowest BCUT2D eigenvalue weighted by molar-refractivity contribution is 0.269. The van der Waals surface area contributed by atoms with Gasteiger partial charge in [0.05, 0.1) is 0 Å². The average molecular weight is 253 g/mol. The molecule has 14 heavy (non-hydrogen) atoms. The standard InChI is InChI=1S/C6H6Cl2N4OS/c1-2-14-6(13)12-5-10-3(7)9-4(8)11-5/h2H2,1H3,(H,9,10,11,12,13). The third-order valence-electron chi connectivity index (χ3n) is 1.07. The maximum atomic E-state index is 11.1. The zero-order valence-electron chi connectivity index (χ0n) is 7.12. The summed E-state index contributed by atoms with van der Waals surface area (Å²) in [7, 11) is 0. The molecule has 0 unspecified atom stereocenters. The SMILES string of the molecule is CCSC(=O)Nc1nc(Cl)nc(Cl)n1. The highest BCUT2D eigenvalue weighted by Gasteiger charge is 2.06. The molecule has 1 amide bonds. The van der Waals surface area contributed by atoms with Crippen LogP contribution >= 0.6 is 35.0 Å². The van der Waals surface area contributed by atoms with E-state index in [2.05, 4.69) is 20.3 Å². The molecule has 0 radical (unpaired) electrons. The third-order valence-corrected chi connectivity index (χ3v) is 2.06. The van der Waals surface area contributed by atoms with E-state index in [1.807, 2.05) is 6.92 Å². The Kier molecular flexibility index (Phi) is 4.37. The van der Waals surface area contributed by atoms with Crippen LogP contribution in [0.4, 0.5) is 10.7 Å². The molecule has 0 bridgehead atoms. The maximum absolute atomic E-state index is 11.1. The van der Waals surface area contributed by atoms with Gasteiger partial charge in [-0.25, -0.2) is 0 Å². The molecule has 0 aliphatic heterocycles. The van der Waals surface area contributed by atoms with Gasteiger partial charge < -0.3 is 0 Å². The Morgan fingerprint density at radius 2 is 1.93 bits per heavy atom. The number of amides is 1. The summed E-state index contributed by atoms with van der Waals surface area (Å²) >= 11 is 12.1. The molecule has 0 atom stereocenters. The molecule has 1 aromatic rings. The number of aromatic nitrogens is 3. The number of nitrogens with zero attached hydrogens (tertiary/aromatic N) is 3. The summed E-state index contributed by atoms with van der Waals surface area (Å²) in [5.41, 5.74) is 0. The largest absolute Gasteiger partial charge is 0.285 e. The van der Waals surface area contributed by atoms with E-state index in [1.165, 1.54) is 0 Å². The van der Waals surface area contributed by atoms with Gasteiger partial charge in [-0.1, -0.05) is 18.7 Å². The van der Waals surface area contributed by atoms with Crippen molar-refractivity contribution in [1.29, 1.82) is 0 Å². The molecule has 1 aromatic heterocycles. The first kappa shape index (κ1) is 11.5. The smallest absolute Gasteiger partial charge is 0.285 e. The summed E-state index contributed by atoms with van der Waals surface area (Å²) in [5.74, 6) is 0.721. The first-order chi connectivity index (χ1) is 6.61. The van der Waals surface area contributed by atoms with E-state index in [0.717, 1.165) is 11.8 Å². The lowest BCUT2D eigenvalue weighted by Crippen LogP contribution is -2.09. The topological polar surface area (TPSA) is 67.8 Å². The number of rotatable bonds is 2. The summed E-state index contributed by atoms with van der Waals surface area (Å²) in [6, 6.07) is 0. The van der Waals surface area contributed by atoms with Crippen LogP contribution in [0.25, 0.3) is 0 Å². The van der Waals surface area contributed by atoms with E-state index < -0.39 is 0 Å². The van der Waals surface area contributed by atoms with Gasteiger partial charge in [0.1, 0.15) is 0 Å². The van der Waals surface area contributed by atoms with Crippen molar-refractivity contribution in [2.24, 2.45) is 0 Å². The Labute approximate surface area is 94.6 Å². The minimum absolute atomic E-state index is 0.0539. The predicted molar refractivity (Wildman–Crippen MR) is 57.0 cm³/mol. The first-order valence-corrected chi connectivity index (χ1v) is 5.37. The van der Waals surface area contributed by atoms with Crippen LogP contribution in [0.5, 0.6) is 0 Å². The quantitative estimate of drug-likeness (QED) is 0.876. The van der Waals surface area contributed by atoms with Crippen molar-refractivity contribution >= 4 is 46.2 Å². The molecule has 0 saturated carbocycles. The van der Waals surface area contributed by atoms with Crippen LogP contribution in [0.2, 0.25) is 10.6 Å². The van der Waals surface area contributed by atoms with E-state index in [1.54, 1.807) is 0 Å². The number of carbonyl (C=O) groups is 1. The zero-order valence-corrected chi connectivity index (χ0v) is 9.45. The van der Waals surface area contributed by atoms with Crippen molar-refractivity contribution < 1.29 is 4.79 Å². The first-order valence-electron chi connectivity index (χ1n) is 3.62. The Morgan fingerprint density at radius 3 is 2.43 bits per heavy atom. The monoisotopic (exact) mass is 252 g/mol. The molecule has 0 saturated heterocycles. The molecule has 0 aliphatic rings. The second-order valence-electron chi connectivity index (χ2n) is 2.04. The fourth-order valence-electron chi connectivity index (χ4n) is 0.640. The predicted octanol–water partition coefficient (Wildman–Crippen LogP) is 2.46. The van der Waals surface area contributed by atoms with Crippen molar-refractivity contribution in [2.75, 3.05) is 11.1 Å². The van der Waals surface area contributed by atoms with Gasteiger partial charge in [0.2, 0.25) is 16.5 Å². The van der Waals surface area contributed by atoms with Gasteiger partial charge in [-0.3, -0.25) is 10.1 Å². The summed E-state index contributed by atoms with van der Waals surface area (Å²) in [6.45, 7) is 1.86. The highest BCUT2D eigenvalue weighted by molar-refractivity contribution is 8.13. The van der Waals surface area contributed by atoms with Crippen LogP contribution in [0.15, 0.2) is 0 Å². The molecule has 8 heteroatoms. The van der Waals surface area contributed by atoms with E-state index in [-0.39, 0.29) is 21.8 Å². The number of anilines is 1. The number of carbonyl (C=O) groups excluding carboxylic acids is 1. The Hall–Kier alpha value is -0.590. The molecular weight excluding hydrogens is 247 g/mol. The lowest BCUT2D eigenvalue weighted by Gasteiger charge is -2.01. The highest BCUT2D eigenvalue weighted by atomic mass is 35.5. The zero-order chi connectivity index (χ0) is 10.6. The van der Waals surface area contributed by atoms with Gasteiger partial charge in [0, 0.05) is 0 Å². The van der Waals surface area contributed by atoms with Gasteiger partial charge in [0.25, 0.3) is 5.24 Å². The molecule has 76 valence electrons. The van der Waals surface area contributed by atoms with E-state index in [4.69, 9.17) is 23.2 Å². The second kappa shape index (κ2) is 5.33. The average Bonchev–Trinajstić information content (AvgIpc) is 2.01. The van der Waals surface area contributed by atoms with Gasteiger partial charge >= 0.3 is 0 Å². The number of thioether (sulfide) groups is 1. The number of halogens is 2. The summed E-state index contributed by atoms with van der Waals surface area (Å²) in [4.78, 5) is 22.0. The normalized spacial score (nSPS) is 9.93. The fourth-order valence-corrected chi connectivity index (χ4v) is 1.43. The number of nitrogens with one attached hydrogen (secondary N) is 1. The second-order valence-corrected chi connectivity index (χ2v) is 3.96. The van der Waals surface area contributed by atoms with E-state index in [9.17, 15) is 4.79 Å². The Bertz CT molecular complexity index is 328. The highest BCUT2D eigenvalue weighted by Crippen LogP contribution is 2.11. The van der Waals surface area contributed by atoms with Crippen LogP contribution < -0.4 is 5.32 Å². The third kappa shape index (κ3) is 3.65. The van der Waals surface area contributed by atoms with Crippen molar-refractivity contribution in [1.82, 2.24) is 15.0 Å². The number of hydrogen-bond donors (Lipinski definition) is 1. The molecule has 0 aliphatic carbocycles. The molecule has 0 fully saturated rings. The van der Waals surface area contributed by atoms with E-state index in [0.29, 0.717) is 5.75 Å². The van der Waals surface area contributed by atoms with Crippen LogP contribution in [-0.4, -0.2) is 25.9 Å². The Morgan fingerprint density at radius 1 is 1.36 bits per heavy atom. The minimum atomic E-state index is -0.258.